The zero-order chi connectivity index (χ0) is 14.3. The second-order valence-corrected chi connectivity index (χ2v) is 6.31. The van der Waals surface area contributed by atoms with Crippen molar-refractivity contribution >= 4 is 29.3 Å². The summed E-state index contributed by atoms with van der Waals surface area (Å²) in [4.78, 5) is 30.1. The Balaban J connectivity index is 1.86. The summed E-state index contributed by atoms with van der Waals surface area (Å²) in [6, 6.07) is 2.26. The van der Waals surface area contributed by atoms with Gasteiger partial charge in [-0.05, 0) is 38.3 Å². The number of anilines is 1. The molecule has 20 heavy (non-hydrogen) atoms. The van der Waals surface area contributed by atoms with E-state index in [-0.39, 0.29) is 18.4 Å². The number of hydrogen-bond donors (Lipinski definition) is 1. The summed E-state index contributed by atoms with van der Waals surface area (Å²) in [7, 11) is 0. The molecule has 106 valence electrons. The van der Waals surface area contributed by atoms with Crippen molar-refractivity contribution in [2.24, 2.45) is 0 Å². The first kappa shape index (κ1) is 13.4. The molecule has 0 bridgehead atoms. The van der Waals surface area contributed by atoms with Gasteiger partial charge in [0.15, 0.2) is 0 Å². The number of aromatic nitrogens is 1. The summed E-state index contributed by atoms with van der Waals surface area (Å²) in [6.45, 7) is 3.99. The van der Waals surface area contributed by atoms with Crippen molar-refractivity contribution in [3.05, 3.63) is 17.3 Å². The molecule has 1 aromatic heterocycles. The van der Waals surface area contributed by atoms with Gasteiger partial charge < -0.3 is 5.32 Å². The largest absolute Gasteiger partial charge is 0.352 e. The molecule has 5 nitrogen and oxygen atoms in total. The molecule has 0 spiro atoms. The van der Waals surface area contributed by atoms with Crippen LogP contribution in [0.5, 0.6) is 0 Å². The molecule has 1 fully saturated rings. The van der Waals surface area contributed by atoms with Crippen molar-refractivity contribution in [3.63, 3.8) is 0 Å². The van der Waals surface area contributed by atoms with Crippen LogP contribution in [-0.4, -0.2) is 35.1 Å². The Hall–Kier alpha value is -1.56. The Bertz CT molecular complexity index is 584. The van der Waals surface area contributed by atoms with Crippen LogP contribution in [-0.2, 0) is 9.59 Å². The molecule has 1 aliphatic heterocycles. The van der Waals surface area contributed by atoms with Gasteiger partial charge in [-0.15, -0.1) is 0 Å². The van der Waals surface area contributed by atoms with Gasteiger partial charge in [-0.3, -0.25) is 14.5 Å². The monoisotopic (exact) mass is 291 g/mol. The fourth-order valence-corrected chi connectivity index (χ4v) is 3.40. The molecule has 6 heteroatoms. The zero-order valence-corrected chi connectivity index (χ0v) is 12.4. The highest BCUT2D eigenvalue weighted by molar-refractivity contribution is 8.00. The van der Waals surface area contributed by atoms with Crippen LogP contribution in [0.4, 0.5) is 5.69 Å². The van der Waals surface area contributed by atoms with E-state index in [0.717, 1.165) is 34.8 Å². The Morgan fingerprint density at radius 2 is 2.25 bits per heavy atom. The number of fused-ring (bicyclic) bond motifs is 1. The number of amides is 2. The van der Waals surface area contributed by atoms with E-state index in [4.69, 9.17) is 0 Å². The number of hydrogen-bond acceptors (Lipinski definition) is 4. The highest BCUT2D eigenvalue weighted by Crippen LogP contribution is 2.36. The third-order valence-corrected chi connectivity index (χ3v) is 4.38. The van der Waals surface area contributed by atoms with Crippen molar-refractivity contribution in [2.45, 2.75) is 37.8 Å². The van der Waals surface area contributed by atoms with E-state index in [1.807, 2.05) is 19.9 Å². The van der Waals surface area contributed by atoms with Crippen molar-refractivity contribution in [2.75, 3.05) is 17.2 Å². The number of thioether (sulfide) groups is 1. The molecule has 3 rings (SSSR count). The number of carbonyl (C=O) groups is 2. The van der Waals surface area contributed by atoms with Crippen LogP contribution < -0.4 is 10.2 Å². The maximum absolute atomic E-state index is 12.1. The quantitative estimate of drug-likeness (QED) is 0.915. The predicted octanol–water partition coefficient (Wildman–Crippen LogP) is 1.42. The second-order valence-electron chi connectivity index (χ2n) is 5.34. The summed E-state index contributed by atoms with van der Waals surface area (Å²) in [6.07, 6.45) is 2.10. The Kier molecular flexibility index (Phi) is 3.41. The van der Waals surface area contributed by atoms with E-state index >= 15 is 0 Å². The van der Waals surface area contributed by atoms with Crippen LogP contribution in [0.1, 0.15) is 24.1 Å². The number of rotatable bonds is 3. The van der Waals surface area contributed by atoms with Gasteiger partial charge >= 0.3 is 0 Å². The molecule has 0 unspecified atom stereocenters. The minimum absolute atomic E-state index is 0.0257. The molecule has 0 atom stereocenters. The van der Waals surface area contributed by atoms with Gasteiger partial charge in [0, 0.05) is 11.7 Å². The Labute approximate surface area is 122 Å². The number of aryl methyl sites for hydroxylation is 2. The highest BCUT2D eigenvalue weighted by atomic mass is 32.2. The maximum Gasteiger partial charge on any atom is 0.240 e. The van der Waals surface area contributed by atoms with Gasteiger partial charge in [-0.2, -0.15) is 0 Å². The molecule has 2 heterocycles. The predicted molar refractivity (Wildman–Crippen MR) is 78.0 cm³/mol. The van der Waals surface area contributed by atoms with Gasteiger partial charge in [0.1, 0.15) is 11.6 Å². The standard InChI is InChI=1S/C14H17N3O2S/c1-8-5-9(2)15-14-13(8)17(12(19)7-20-14)6-11(18)16-10-3-4-10/h5,10H,3-4,6-7H2,1-2H3,(H,16,18). The van der Waals surface area contributed by atoms with E-state index in [0.29, 0.717) is 11.8 Å². The lowest BCUT2D eigenvalue weighted by molar-refractivity contribution is -0.123. The number of nitrogens with zero attached hydrogens (tertiary/aromatic N) is 2. The second kappa shape index (κ2) is 5.09. The third-order valence-electron chi connectivity index (χ3n) is 3.43. The lowest BCUT2D eigenvalue weighted by Gasteiger charge is -2.29. The first-order valence-corrected chi connectivity index (χ1v) is 7.74. The molecule has 0 saturated heterocycles. The molecule has 1 aromatic rings. The minimum atomic E-state index is -0.0846. The number of nitrogens with one attached hydrogen (secondary N) is 1. The lowest BCUT2D eigenvalue weighted by atomic mass is 10.2. The maximum atomic E-state index is 12.1. The summed E-state index contributed by atoms with van der Waals surface area (Å²) in [5.74, 6) is 0.237. The van der Waals surface area contributed by atoms with Crippen LogP contribution in [0.25, 0.3) is 0 Å². The van der Waals surface area contributed by atoms with Gasteiger partial charge in [0.05, 0.1) is 11.4 Å². The van der Waals surface area contributed by atoms with E-state index in [1.165, 1.54) is 11.8 Å². The van der Waals surface area contributed by atoms with Gasteiger partial charge in [-0.1, -0.05) is 11.8 Å². The van der Waals surface area contributed by atoms with Crippen LogP contribution in [0, 0.1) is 13.8 Å². The van der Waals surface area contributed by atoms with Crippen molar-refractivity contribution < 1.29 is 9.59 Å². The summed E-state index contributed by atoms with van der Waals surface area (Å²) in [5, 5.41) is 3.77. The average Bonchev–Trinajstić information content (AvgIpc) is 3.16. The molecule has 0 aromatic carbocycles. The third kappa shape index (κ3) is 2.65. The first-order chi connectivity index (χ1) is 9.54. The van der Waals surface area contributed by atoms with Crippen molar-refractivity contribution in [3.8, 4) is 0 Å². The zero-order valence-electron chi connectivity index (χ0n) is 11.6. The topological polar surface area (TPSA) is 62.3 Å². The molecule has 1 saturated carbocycles. The van der Waals surface area contributed by atoms with Crippen LogP contribution >= 0.6 is 11.8 Å². The molecule has 1 aliphatic carbocycles. The molecular weight excluding hydrogens is 274 g/mol. The average molecular weight is 291 g/mol. The van der Waals surface area contributed by atoms with E-state index in [2.05, 4.69) is 10.3 Å². The molecular formula is C14H17N3O2S. The molecule has 2 aliphatic rings. The van der Waals surface area contributed by atoms with Crippen LogP contribution in [0.15, 0.2) is 11.1 Å². The molecule has 0 radical (unpaired) electrons. The van der Waals surface area contributed by atoms with Crippen LogP contribution in [0.3, 0.4) is 0 Å². The first-order valence-electron chi connectivity index (χ1n) is 6.75. The van der Waals surface area contributed by atoms with Crippen LogP contribution in [0.2, 0.25) is 0 Å². The summed E-state index contributed by atoms with van der Waals surface area (Å²) < 4.78 is 0. The normalized spacial score (nSPS) is 17.9. The van der Waals surface area contributed by atoms with Crippen molar-refractivity contribution in [1.29, 1.82) is 0 Å². The number of carbonyl (C=O) groups excluding carboxylic acids is 2. The van der Waals surface area contributed by atoms with Gasteiger partial charge in [0.25, 0.3) is 0 Å². The highest BCUT2D eigenvalue weighted by Gasteiger charge is 2.31. The van der Waals surface area contributed by atoms with E-state index in [9.17, 15) is 9.59 Å². The van der Waals surface area contributed by atoms with E-state index in [1.54, 1.807) is 4.90 Å². The Morgan fingerprint density at radius 3 is 2.95 bits per heavy atom. The smallest absolute Gasteiger partial charge is 0.240 e. The Morgan fingerprint density at radius 1 is 1.50 bits per heavy atom. The summed E-state index contributed by atoms with van der Waals surface area (Å²) in [5.41, 5.74) is 2.72. The minimum Gasteiger partial charge on any atom is -0.352 e. The fourth-order valence-electron chi connectivity index (χ4n) is 2.37. The van der Waals surface area contributed by atoms with E-state index < -0.39 is 0 Å². The molecule has 2 amide bonds. The molecule has 1 N–H and O–H groups in total. The van der Waals surface area contributed by atoms with Gasteiger partial charge in [-0.25, -0.2) is 4.98 Å². The fraction of sp³-hybridized carbons (Fsp3) is 0.500. The number of pyridine rings is 1. The van der Waals surface area contributed by atoms with Crippen molar-refractivity contribution in [1.82, 2.24) is 10.3 Å². The lowest BCUT2D eigenvalue weighted by Crippen LogP contribution is -2.44. The SMILES string of the molecule is Cc1cc(C)c2c(n1)SCC(=O)N2CC(=O)NC1CC1. The summed E-state index contributed by atoms with van der Waals surface area (Å²) >= 11 is 1.45. The van der Waals surface area contributed by atoms with Gasteiger partial charge in [0.2, 0.25) is 11.8 Å².